The van der Waals surface area contributed by atoms with Crippen molar-refractivity contribution in [1.29, 1.82) is 0 Å². The first-order valence-electron chi connectivity index (χ1n) is 8.17. The fourth-order valence-electron chi connectivity index (χ4n) is 2.66. The zero-order valence-electron chi connectivity index (χ0n) is 14.4. The maximum absolute atomic E-state index is 12.0. The summed E-state index contributed by atoms with van der Waals surface area (Å²) in [6.45, 7) is 0.151. The molecule has 0 aliphatic carbocycles. The van der Waals surface area contributed by atoms with Crippen LogP contribution in [0.1, 0.15) is 37.5 Å². The highest BCUT2D eigenvalue weighted by Gasteiger charge is 2.32. The molecule has 0 saturated heterocycles. The molecule has 0 saturated carbocycles. The predicted octanol–water partition coefficient (Wildman–Crippen LogP) is 2.32. The molecule has 138 valence electrons. The molecule has 0 radical (unpaired) electrons. The Morgan fingerprint density at radius 3 is 2.37 bits per heavy atom. The van der Waals surface area contributed by atoms with Crippen LogP contribution in [0.15, 0.2) is 42.5 Å². The van der Waals surface area contributed by atoms with E-state index in [1.165, 1.54) is 19.2 Å². The summed E-state index contributed by atoms with van der Waals surface area (Å²) in [5, 5.41) is 5.83. The van der Waals surface area contributed by atoms with Crippen LogP contribution < -0.4 is 10.6 Å². The summed E-state index contributed by atoms with van der Waals surface area (Å²) in [7, 11) is 1.41. The molecule has 3 rings (SSSR count). The molecule has 4 amide bonds. The van der Waals surface area contributed by atoms with Gasteiger partial charge in [0, 0.05) is 36.3 Å². The number of rotatable bonds is 5. The van der Waals surface area contributed by atoms with E-state index in [4.69, 9.17) is 11.6 Å². The number of hydrogen-bond donors (Lipinski definition) is 2. The van der Waals surface area contributed by atoms with Crippen LogP contribution in [0.2, 0.25) is 5.02 Å². The Hall–Kier alpha value is -3.19. The Balaban J connectivity index is 1.53. The van der Waals surface area contributed by atoms with E-state index >= 15 is 0 Å². The van der Waals surface area contributed by atoms with Gasteiger partial charge in [0.05, 0.1) is 11.1 Å². The van der Waals surface area contributed by atoms with Crippen molar-refractivity contribution in [2.45, 2.75) is 6.42 Å². The van der Waals surface area contributed by atoms with Gasteiger partial charge in [0.15, 0.2) is 0 Å². The van der Waals surface area contributed by atoms with Crippen LogP contribution >= 0.6 is 11.6 Å². The van der Waals surface area contributed by atoms with Gasteiger partial charge in [0.2, 0.25) is 5.91 Å². The van der Waals surface area contributed by atoms with Crippen molar-refractivity contribution >= 4 is 40.9 Å². The lowest BCUT2D eigenvalue weighted by Gasteiger charge is -2.08. The molecule has 0 fully saturated rings. The predicted molar refractivity (Wildman–Crippen MR) is 99.9 cm³/mol. The SMILES string of the molecule is CN1C(=O)c2ccc(NC(=O)CCNC(=O)c3ccc(Cl)cc3)cc2C1=O. The smallest absolute Gasteiger partial charge is 0.261 e. The molecule has 27 heavy (non-hydrogen) atoms. The lowest BCUT2D eigenvalue weighted by molar-refractivity contribution is -0.116. The van der Waals surface area contributed by atoms with Crippen molar-refractivity contribution in [3.8, 4) is 0 Å². The second kappa shape index (κ2) is 7.59. The van der Waals surface area contributed by atoms with Crippen molar-refractivity contribution in [1.82, 2.24) is 10.2 Å². The molecule has 0 spiro atoms. The summed E-state index contributed by atoms with van der Waals surface area (Å²) in [5.74, 6) is -1.39. The third-order valence-electron chi connectivity index (χ3n) is 4.12. The molecule has 0 unspecified atom stereocenters. The van der Waals surface area contributed by atoms with E-state index in [-0.39, 0.29) is 36.3 Å². The highest BCUT2D eigenvalue weighted by molar-refractivity contribution is 6.30. The van der Waals surface area contributed by atoms with Gasteiger partial charge in [0.1, 0.15) is 0 Å². The number of hydrogen-bond acceptors (Lipinski definition) is 4. The molecule has 0 bridgehead atoms. The number of carbonyl (C=O) groups excluding carboxylic acids is 4. The third-order valence-corrected chi connectivity index (χ3v) is 4.37. The Kier molecular flexibility index (Phi) is 5.23. The number of nitrogens with one attached hydrogen (secondary N) is 2. The summed E-state index contributed by atoms with van der Waals surface area (Å²) < 4.78 is 0. The number of nitrogens with zero attached hydrogens (tertiary/aromatic N) is 1. The molecular weight excluding hydrogens is 370 g/mol. The first kappa shape index (κ1) is 18.6. The summed E-state index contributed by atoms with van der Waals surface area (Å²) in [6, 6.07) is 11.0. The van der Waals surface area contributed by atoms with E-state index in [1.54, 1.807) is 30.3 Å². The summed E-state index contributed by atoms with van der Waals surface area (Å²) in [6.07, 6.45) is 0.0587. The van der Waals surface area contributed by atoms with Gasteiger partial charge in [0.25, 0.3) is 17.7 Å². The van der Waals surface area contributed by atoms with Gasteiger partial charge in [-0.1, -0.05) is 11.6 Å². The topological polar surface area (TPSA) is 95.6 Å². The lowest BCUT2D eigenvalue weighted by Crippen LogP contribution is -2.27. The van der Waals surface area contributed by atoms with Crippen molar-refractivity contribution in [2.75, 3.05) is 18.9 Å². The molecule has 0 atom stereocenters. The van der Waals surface area contributed by atoms with Crippen molar-refractivity contribution in [2.24, 2.45) is 0 Å². The highest BCUT2D eigenvalue weighted by atomic mass is 35.5. The second-order valence-electron chi connectivity index (χ2n) is 5.99. The van der Waals surface area contributed by atoms with Crippen molar-refractivity contribution in [3.05, 3.63) is 64.2 Å². The third kappa shape index (κ3) is 3.98. The molecule has 2 N–H and O–H groups in total. The van der Waals surface area contributed by atoms with Crippen LogP contribution in [-0.4, -0.2) is 42.1 Å². The largest absolute Gasteiger partial charge is 0.352 e. The number of carbonyl (C=O) groups is 4. The Morgan fingerprint density at radius 2 is 1.67 bits per heavy atom. The second-order valence-corrected chi connectivity index (χ2v) is 6.43. The average Bonchev–Trinajstić information content (AvgIpc) is 2.86. The standard InChI is InChI=1S/C19H16ClN3O4/c1-23-18(26)14-7-6-13(10-15(14)19(23)27)22-16(24)8-9-21-17(25)11-2-4-12(20)5-3-11/h2-7,10H,8-9H2,1H3,(H,21,25)(H,22,24). The van der Waals surface area contributed by atoms with Crippen LogP contribution in [-0.2, 0) is 4.79 Å². The minimum atomic E-state index is -0.402. The fraction of sp³-hybridized carbons (Fsp3) is 0.158. The molecule has 1 aliphatic rings. The Labute approximate surface area is 160 Å². The van der Waals surface area contributed by atoms with Gasteiger partial charge in [-0.25, -0.2) is 0 Å². The number of fused-ring (bicyclic) bond motifs is 1. The van der Waals surface area contributed by atoms with E-state index in [0.717, 1.165) is 4.90 Å². The minimum absolute atomic E-state index is 0.0587. The summed E-state index contributed by atoms with van der Waals surface area (Å²) in [5.41, 5.74) is 1.44. The monoisotopic (exact) mass is 385 g/mol. The number of anilines is 1. The molecule has 2 aromatic rings. The zero-order chi connectivity index (χ0) is 19.6. The van der Waals surface area contributed by atoms with Crippen molar-refractivity contribution < 1.29 is 19.2 Å². The van der Waals surface area contributed by atoms with Crippen molar-refractivity contribution in [3.63, 3.8) is 0 Å². The lowest BCUT2D eigenvalue weighted by atomic mass is 10.1. The van der Waals surface area contributed by atoms with E-state index in [9.17, 15) is 19.2 Å². The normalized spacial score (nSPS) is 12.7. The van der Waals surface area contributed by atoms with Crippen LogP contribution in [0.5, 0.6) is 0 Å². The maximum Gasteiger partial charge on any atom is 0.261 e. The van der Waals surface area contributed by atoms with E-state index in [1.807, 2.05) is 0 Å². The molecule has 7 nitrogen and oxygen atoms in total. The molecule has 2 aromatic carbocycles. The molecule has 0 aromatic heterocycles. The van der Waals surface area contributed by atoms with Gasteiger partial charge in [-0.15, -0.1) is 0 Å². The quantitative estimate of drug-likeness (QED) is 0.772. The van der Waals surface area contributed by atoms with E-state index < -0.39 is 5.91 Å². The van der Waals surface area contributed by atoms with Gasteiger partial charge >= 0.3 is 0 Å². The van der Waals surface area contributed by atoms with Gasteiger partial charge in [-0.3, -0.25) is 24.1 Å². The average molecular weight is 386 g/mol. The molecular formula is C19H16ClN3O4. The first-order chi connectivity index (χ1) is 12.9. The van der Waals surface area contributed by atoms with Crippen LogP contribution in [0.3, 0.4) is 0 Å². The fourth-order valence-corrected chi connectivity index (χ4v) is 2.78. The van der Waals surface area contributed by atoms with Gasteiger partial charge < -0.3 is 10.6 Å². The van der Waals surface area contributed by atoms with Crippen LogP contribution in [0.4, 0.5) is 5.69 Å². The summed E-state index contributed by atoms with van der Waals surface area (Å²) >= 11 is 5.77. The molecule has 1 aliphatic heterocycles. The highest BCUT2D eigenvalue weighted by Crippen LogP contribution is 2.24. The van der Waals surface area contributed by atoms with E-state index in [2.05, 4.69) is 10.6 Å². The van der Waals surface area contributed by atoms with E-state index in [0.29, 0.717) is 21.8 Å². The molecule has 8 heteroatoms. The molecule has 1 heterocycles. The first-order valence-corrected chi connectivity index (χ1v) is 8.54. The number of amides is 4. The number of imide groups is 1. The van der Waals surface area contributed by atoms with Crippen LogP contribution in [0.25, 0.3) is 0 Å². The van der Waals surface area contributed by atoms with Gasteiger partial charge in [-0.05, 0) is 42.5 Å². The maximum atomic E-state index is 12.0. The minimum Gasteiger partial charge on any atom is -0.352 e. The Morgan fingerprint density at radius 1 is 1.00 bits per heavy atom. The number of halogens is 1. The van der Waals surface area contributed by atoms with Gasteiger partial charge in [-0.2, -0.15) is 0 Å². The van der Waals surface area contributed by atoms with Crippen LogP contribution in [0, 0.1) is 0 Å². The summed E-state index contributed by atoms with van der Waals surface area (Å²) in [4.78, 5) is 48.9. The Bertz CT molecular complexity index is 940. The number of benzene rings is 2. The zero-order valence-corrected chi connectivity index (χ0v) is 15.2.